The minimum atomic E-state index is -0.234. The fraction of sp³-hybridized carbons (Fsp3) is 0.625. The average molecular weight is 350 g/mol. The minimum absolute atomic E-state index is 0.192. The number of likely N-dealkylation sites (tertiary alicyclic amines) is 1. The van der Waals surface area contributed by atoms with E-state index in [0.717, 1.165) is 19.3 Å². The third-order valence-electron chi connectivity index (χ3n) is 4.14. The maximum Gasteiger partial charge on any atom is 0.292 e. The van der Waals surface area contributed by atoms with E-state index in [4.69, 9.17) is 18.4 Å². The monoisotopic (exact) mass is 350 g/mol. The summed E-state index contributed by atoms with van der Waals surface area (Å²) in [6, 6.07) is -0.234. The maximum atomic E-state index is 12.8. The van der Waals surface area contributed by atoms with Crippen LogP contribution >= 0.6 is 0 Å². The third-order valence-corrected chi connectivity index (χ3v) is 4.14. The highest BCUT2D eigenvalue weighted by molar-refractivity contribution is 5.92. The molecule has 0 saturated carbocycles. The van der Waals surface area contributed by atoms with Crippen LogP contribution in [-0.4, -0.2) is 52.8 Å². The predicted molar refractivity (Wildman–Crippen MR) is 84.7 cm³/mol. The standard InChI is InChI=1S/C16H22N4O5/c1-11-14(24-10-17-11)16(21)20-6-4-3-5-12(20)15-18-13(25-19-15)9-23-8-7-22-2/h10,12H,3-9H2,1-2H3. The Labute approximate surface area is 145 Å². The van der Waals surface area contributed by atoms with Crippen molar-refractivity contribution in [1.29, 1.82) is 0 Å². The van der Waals surface area contributed by atoms with Gasteiger partial charge in [-0.2, -0.15) is 4.98 Å². The molecule has 3 rings (SSSR count). The molecular formula is C16H22N4O5. The van der Waals surface area contributed by atoms with Crippen LogP contribution in [0.5, 0.6) is 0 Å². The normalized spacial score (nSPS) is 17.8. The highest BCUT2D eigenvalue weighted by atomic mass is 16.5. The van der Waals surface area contributed by atoms with Gasteiger partial charge in [0.25, 0.3) is 11.8 Å². The second-order valence-electron chi connectivity index (χ2n) is 5.87. The van der Waals surface area contributed by atoms with Crippen molar-refractivity contribution in [3.8, 4) is 0 Å². The number of piperidine rings is 1. The number of carbonyl (C=O) groups excluding carboxylic acids is 1. The number of rotatable bonds is 7. The lowest BCUT2D eigenvalue weighted by Crippen LogP contribution is -2.39. The molecule has 9 heteroatoms. The van der Waals surface area contributed by atoms with Gasteiger partial charge in [0.05, 0.1) is 24.9 Å². The van der Waals surface area contributed by atoms with E-state index in [0.29, 0.717) is 37.2 Å². The van der Waals surface area contributed by atoms with Crippen molar-refractivity contribution in [1.82, 2.24) is 20.0 Å². The summed E-state index contributed by atoms with van der Waals surface area (Å²) in [7, 11) is 1.61. The second kappa shape index (κ2) is 8.21. The van der Waals surface area contributed by atoms with Gasteiger partial charge in [-0.3, -0.25) is 4.79 Å². The lowest BCUT2D eigenvalue weighted by atomic mass is 10.0. The molecule has 0 aromatic carbocycles. The second-order valence-corrected chi connectivity index (χ2v) is 5.87. The molecule has 1 aliphatic heterocycles. The average Bonchev–Trinajstić information content (AvgIpc) is 3.27. The van der Waals surface area contributed by atoms with Gasteiger partial charge in [0.2, 0.25) is 5.76 Å². The van der Waals surface area contributed by atoms with Gasteiger partial charge in [0.1, 0.15) is 6.61 Å². The zero-order chi connectivity index (χ0) is 17.6. The number of amides is 1. The molecule has 0 aliphatic carbocycles. The van der Waals surface area contributed by atoms with Crippen LogP contribution in [0.4, 0.5) is 0 Å². The molecule has 2 aromatic rings. The summed E-state index contributed by atoms with van der Waals surface area (Å²) in [5, 5.41) is 4.04. The topological polar surface area (TPSA) is 104 Å². The van der Waals surface area contributed by atoms with E-state index in [1.54, 1.807) is 18.9 Å². The molecule has 0 spiro atoms. The maximum absolute atomic E-state index is 12.8. The summed E-state index contributed by atoms with van der Waals surface area (Å²) in [6.07, 6.45) is 3.99. The number of oxazole rings is 1. The van der Waals surface area contributed by atoms with E-state index in [-0.39, 0.29) is 24.3 Å². The molecule has 1 aliphatic rings. The third kappa shape index (κ3) is 4.05. The molecule has 1 atom stereocenters. The van der Waals surface area contributed by atoms with E-state index < -0.39 is 0 Å². The Hall–Kier alpha value is -2.26. The summed E-state index contributed by atoms with van der Waals surface area (Å²) in [5.74, 6) is 0.955. The molecule has 1 amide bonds. The summed E-state index contributed by atoms with van der Waals surface area (Å²) in [4.78, 5) is 22.9. The van der Waals surface area contributed by atoms with Crippen LogP contribution in [-0.2, 0) is 16.1 Å². The minimum Gasteiger partial charge on any atom is -0.438 e. The zero-order valence-electron chi connectivity index (χ0n) is 14.4. The molecule has 1 saturated heterocycles. The molecule has 0 N–H and O–H groups in total. The van der Waals surface area contributed by atoms with Crippen molar-refractivity contribution in [3.63, 3.8) is 0 Å². The van der Waals surface area contributed by atoms with Crippen LogP contribution in [0.15, 0.2) is 15.3 Å². The molecule has 0 bridgehead atoms. The number of carbonyl (C=O) groups is 1. The van der Waals surface area contributed by atoms with E-state index in [9.17, 15) is 4.79 Å². The Balaban J connectivity index is 1.70. The summed E-state index contributed by atoms with van der Waals surface area (Å²) < 4.78 is 20.8. The Morgan fingerprint density at radius 3 is 3.04 bits per heavy atom. The number of aryl methyl sites for hydroxylation is 1. The molecule has 1 unspecified atom stereocenters. The Bertz CT molecular complexity index is 698. The number of hydrogen-bond acceptors (Lipinski definition) is 8. The van der Waals surface area contributed by atoms with Crippen molar-refractivity contribution in [2.45, 2.75) is 38.8 Å². The van der Waals surface area contributed by atoms with Gasteiger partial charge >= 0.3 is 0 Å². The molecule has 9 nitrogen and oxygen atoms in total. The van der Waals surface area contributed by atoms with Gasteiger partial charge in [-0.1, -0.05) is 5.16 Å². The molecule has 2 aromatic heterocycles. The molecule has 25 heavy (non-hydrogen) atoms. The van der Waals surface area contributed by atoms with Crippen molar-refractivity contribution in [3.05, 3.63) is 29.6 Å². The molecule has 0 radical (unpaired) electrons. The number of methoxy groups -OCH3 is 1. The lowest BCUT2D eigenvalue weighted by molar-refractivity contribution is 0.0494. The van der Waals surface area contributed by atoms with Gasteiger partial charge in [-0.15, -0.1) is 0 Å². The first-order chi connectivity index (χ1) is 12.2. The van der Waals surface area contributed by atoms with Crippen molar-refractivity contribution in [2.24, 2.45) is 0 Å². The van der Waals surface area contributed by atoms with Crippen molar-refractivity contribution < 1.29 is 23.2 Å². The first-order valence-corrected chi connectivity index (χ1v) is 8.31. The van der Waals surface area contributed by atoms with Crippen LogP contribution in [0.2, 0.25) is 0 Å². The first kappa shape index (κ1) is 17.6. The van der Waals surface area contributed by atoms with Crippen molar-refractivity contribution in [2.75, 3.05) is 26.9 Å². The molecular weight excluding hydrogens is 328 g/mol. The molecule has 1 fully saturated rings. The number of nitrogens with zero attached hydrogens (tertiary/aromatic N) is 4. The smallest absolute Gasteiger partial charge is 0.292 e. The highest BCUT2D eigenvalue weighted by Crippen LogP contribution is 2.31. The van der Waals surface area contributed by atoms with Gasteiger partial charge < -0.3 is 23.3 Å². The van der Waals surface area contributed by atoms with Gasteiger partial charge in [-0.05, 0) is 26.2 Å². The van der Waals surface area contributed by atoms with Gasteiger partial charge in [0.15, 0.2) is 12.2 Å². The lowest BCUT2D eigenvalue weighted by Gasteiger charge is -2.33. The van der Waals surface area contributed by atoms with Crippen LogP contribution in [0.1, 0.15) is 53.3 Å². The Kier molecular flexibility index (Phi) is 5.77. The highest BCUT2D eigenvalue weighted by Gasteiger charge is 2.34. The molecule has 3 heterocycles. The predicted octanol–water partition coefficient (Wildman–Crippen LogP) is 1.90. The van der Waals surface area contributed by atoms with E-state index >= 15 is 0 Å². The van der Waals surface area contributed by atoms with E-state index in [1.807, 2.05) is 0 Å². The SMILES string of the molecule is COCCOCc1nc(C2CCCCN2C(=O)c2ocnc2C)no1. The Morgan fingerprint density at radius 1 is 1.40 bits per heavy atom. The Morgan fingerprint density at radius 2 is 2.28 bits per heavy atom. The fourth-order valence-electron chi connectivity index (χ4n) is 2.84. The zero-order valence-corrected chi connectivity index (χ0v) is 14.4. The summed E-state index contributed by atoms with van der Waals surface area (Å²) in [6.45, 7) is 3.55. The fourth-order valence-corrected chi connectivity index (χ4v) is 2.84. The molecule has 136 valence electrons. The summed E-state index contributed by atoms with van der Waals surface area (Å²) in [5.41, 5.74) is 0.578. The summed E-state index contributed by atoms with van der Waals surface area (Å²) >= 11 is 0. The van der Waals surface area contributed by atoms with Crippen molar-refractivity contribution >= 4 is 5.91 Å². The van der Waals surface area contributed by atoms with Crippen LogP contribution in [0.3, 0.4) is 0 Å². The van der Waals surface area contributed by atoms with Gasteiger partial charge in [0, 0.05) is 13.7 Å². The number of ether oxygens (including phenoxy) is 2. The van der Waals surface area contributed by atoms with Gasteiger partial charge in [-0.25, -0.2) is 4.98 Å². The largest absolute Gasteiger partial charge is 0.438 e. The number of aromatic nitrogens is 3. The van der Waals surface area contributed by atoms with E-state index in [1.165, 1.54) is 6.39 Å². The van der Waals surface area contributed by atoms with E-state index in [2.05, 4.69) is 15.1 Å². The first-order valence-electron chi connectivity index (χ1n) is 8.31. The van der Waals surface area contributed by atoms with Crippen LogP contribution in [0, 0.1) is 6.92 Å². The number of hydrogen-bond donors (Lipinski definition) is 0. The quantitative estimate of drug-likeness (QED) is 0.697. The van der Waals surface area contributed by atoms with Crippen LogP contribution < -0.4 is 0 Å². The van der Waals surface area contributed by atoms with Crippen LogP contribution in [0.25, 0.3) is 0 Å².